The summed E-state index contributed by atoms with van der Waals surface area (Å²) in [5, 5.41) is 10.2. The zero-order valence-corrected chi connectivity index (χ0v) is 7.55. The molecule has 12 heavy (non-hydrogen) atoms. The van der Waals surface area contributed by atoms with Crippen LogP contribution in [0.3, 0.4) is 0 Å². The average Bonchev–Trinajstić information content (AvgIpc) is 2.04. The van der Waals surface area contributed by atoms with E-state index in [9.17, 15) is 13.9 Å². The number of hydrogen-bond donors (Lipinski definition) is 1. The number of hydrogen-bond acceptors (Lipinski definition) is 3. The van der Waals surface area contributed by atoms with Crippen molar-refractivity contribution in [3.05, 3.63) is 34.4 Å². The standard InChI is InChI=1S/C6H5NO4Se/c8-7(9)5-2-1-3-6(4-5)12(10)11/h1-4H,(H,10,11). The number of nitrogens with zero attached hydrogens (tertiary/aromatic N) is 1. The first-order valence-electron chi connectivity index (χ1n) is 2.96. The normalized spacial score (nSPS) is 12.4. The van der Waals surface area contributed by atoms with Crippen molar-refractivity contribution in [2.75, 3.05) is 0 Å². The molecule has 0 saturated carbocycles. The van der Waals surface area contributed by atoms with Gasteiger partial charge in [-0.1, -0.05) is 0 Å². The van der Waals surface area contributed by atoms with Crippen molar-refractivity contribution in [2.24, 2.45) is 0 Å². The van der Waals surface area contributed by atoms with Crippen molar-refractivity contribution >= 4 is 24.3 Å². The van der Waals surface area contributed by atoms with Crippen LogP contribution in [0.25, 0.3) is 0 Å². The fourth-order valence-corrected chi connectivity index (χ4v) is 1.58. The Kier molecular flexibility index (Phi) is 2.65. The van der Waals surface area contributed by atoms with Gasteiger partial charge in [-0.2, -0.15) is 0 Å². The third kappa shape index (κ3) is 1.94. The second-order valence-corrected chi connectivity index (χ2v) is 4.04. The molecule has 5 nitrogen and oxygen atoms in total. The van der Waals surface area contributed by atoms with Crippen molar-refractivity contribution in [1.82, 2.24) is 0 Å². The molecule has 0 radical (unpaired) electrons. The summed E-state index contributed by atoms with van der Waals surface area (Å²) in [6.45, 7) is 0. The van der Waals surface area contributed by atoms with E-state index in [1.807, 2.05) is 0 Å². The summed E-state index contributed by atoms with van der Waals surface area (Å²) in [4.78, 5) is 9.61. The molecule has 0 aliphatic rings. The van der Waals surface area contributed by atoms with E-state index in [0.717, 1.165) is 6.07 Å². The molecule has 0 aliphatic carbocycles. The Morgan fingerprint density at radius 2 is 2.17 bits per heavy atom. The third-order valence-electron chi connectivity index (χ3n) is 1.23. The van der Waals surface area contributed by atoms with Crippen molar-refractivity contribution < 1.29 is 12.9 Å². The summed E-state index contributed by atoms with van der Waals surface area (Å²) in [6.07, 6.45) is 0. The summed E-state index contributed by atoms with van der Waals surface area (Å²) in [6, 6.07) is 5.17. The fourth-order valence-electron chi connectivity index (χ4n) is 0.706. The first kappa shape index (κ1) is 8.99. The van der Waals surface area contributed by atoms with Gasteiger partial charge < -0.3 is 0 Å². The van der Waals surface area contributed by atoms with Gasteiger partial charge >= 0.3 is 71.6 Å². The van der Waals surface area contributed by atoms with E-state index in [1.165, 1.54) is 18.2 Å². The van der Waals surface area contributed by atoms with Gasteiger partial charge in [0.05, 0.1) is 0 Å². The molecule has 6 heteroatoms. The Balaban J connectivity index is 3.12. The number of benzene rings is 1. The van der Waals surface area contributed by atoms with E-state index >= 15 is 0 Å². The van der Waals surface area contributed by atoms with Gasteiger partial charge in [0, 0.05) is 0 Å². The molecule has 1 rings (SSSR count). The van der Waals surface area contributed by atoms with Gasteiger partial charge in [-0.15, -0.1) is 0 Å². The Bertz CT molecular complexity index is 309. The van der Waals surface area contributed by atoms with Crippen LogP contribution in [-0.4, -0.2) is 23.3 Å². The molecule has 0 bridgehead atoms. The molecule has 1 N–H and O–H groups in total. The SMILES string of the molecule is O=[N+]([O-])c1cccc([Se](=O)O)c1. The summed E-state index contributed by atoms with van der Waals surface area (Å²) in [5.74, 6) is 0. The summed E-state index contributed by atoms with van der Waals surface area (Å²) >= 11 is -3.03. The van der Waals surface area contributed by atoms with Crippen molar-refractivity contribution in [3.8, 4) is 0 Å². The monoisotopic (exact) mass is 235 g/mol. The molecule has 0 aliphatic heterocycles. The van der Waals surface area contributed by atoms with E-state index in [4.69, 9.17) is 4.19 Å². The van der Waals surface area contributed by atoms with Crippen LogP contribution in [-0.2, 0) is 3.83 Å². The topological polar surface area (TPSA) is 80.4 Å². The van der Waals surface area contributed by atoms with Gasteiger partial charge in [0.1, 0.15) is 0 Å². The van der Waals surface area contributed by atoms with Crippen LogP contribution in [0.5, 0.6) is 0 Å². The molecule has 0 saturated heterocycles. The van der Waals surface area contributed by atoms with Gasteiger partial charge in [-0.25, -0.2) is 0 Å². The minimum atomic E-state index is -3.03. The molecule has 0 fully saturated rings. The minimum absolute atomic E-state index is 0.129. The molecular formula is C6H5NO4Se. The summed E-state index contributed by atoms with van der Waals surface area (Å²) < 4.78 is 19.4. The Morgan fingerprint density at radius 1 is 1.50 bits per heavy atom. The molecule has 0 amide bonds. The van der Waals surface area contributed by atoms with Gasteiger partial charge in [0.25, 0.3) is 0 Å². The molecule has 0 aromatic heterocycles. The Labute approximate surface area is 72.2 Å². The maximum atomic E-state index is 10.6. The third-order valence-corrected chi connectivity index (χ3v) is 2.61. The van der Waals surface area contributed by atoms with E-state index in [2.05, 4.69) is 0 Å². The summed E-state index contributed by atoms with van der Waals surface area (Å²) in [5.41, 5.74) is -0.161. The van der Waals surface area contributed by atoms with Gasteiger partial charge in [-0.05, 0) is 0 Å². The first-order chi connectivity index (χ1) is 5.61. The van der Waals surface area contributed by atoms with E-state index < -0.39 is 19.1 Å². The van der Waals surface area contributed by atoms with Crippen LogP contribution in [0.15, 0.2) is 24.3 Å². The van der Waals surface area contributed by atoms with E-state index in [1.54, 1.807) is 0 Å². The predicted octanol–water partition coefficient (Wildman–Crippen LogP) is -0.287. The number of nitro groups is 1. The van der Waals surface area contributed by atoms with Gasteiger partial charge in [-0.3, -0.25) is 0 Å². The first-order valence-corrected chi connectivity index (χ1v) is 5.29. The second kappa shape index (κ2) is 3.53. The van der Waals surface area contributed by atoms with Crippen molar-refractivity contribution in [2.45, 2.75) is 0 Å². The zero-order valence-electron chi connectivity index (χ0n) is 5.84. The Morgan fingerprint density at radius 3 is 2.67 bits per heavy atom. The van der Waals surface area contributed by atoms with Crippen LogP contribution in [0.2, 0.25) is 0 Å². The molecular weight excluding hydrogens is 229 g/mol. The average molecular weight is 234 g/mol. The summed E-state index contributed by atoms with van der Waals surface area (Å²) in [7, 11) is 0. The zero-order chi connectivity index (χ0) is 9.14. The molecule has 1 atom stereocenters. The van der Waals surface area contributed by atoms with Crippen molar-refractivity contribution in [1.29, 1.82) is 0 Å². The van der Waals surface area contributed by atoms with Gasteiger partial charge in [0.15, 0.2) is 0 Å². The second-order valence-electron chi connectivity index (χ2n) is 2.00. The van der Waals surface area contributed by atoms with Crippen LogP contribution >= 0.6 is 0 Å². The van der Waals surface area contributed by atoms with E-state index in [-0.39, 0.29) is 10.1 Å². The van der Waals surface area contributed by atoms with Gasteiger partial charge in [0.2, 0.25) is 0 Å². The molecule has 1 aromatic rings. The van der Waals surface area contributed by atoms with Crippen LogP contribution < -0.4 is 4.46 Å². The van der Waals surface area contributed by atoms with E-state index in [0.29, 0.717) is 0 Å². The molecule has 1 aromatic carbocycles. The number of rotatable bonds is 2. The maximum absolute atomic E-state index is 10.6. The van der Waals surface area contributed by atoms with Crippen LogP contribution in [0, 0.1) is 10.1 Å². The van der Waals surface area contributed by atoms with Crippen LogP contribution in [0.1, 0.15) is 0 Å². The molecule has 64 valence electrons. The number of non-ortho nitro benzene ring substituents is 1. The molecule has 0 heterocycles. The fraction of sp³-hybridized carbons (Fsp3) is 0. The number of nitro benzene ring substituents is 1. The molecule has 1 unspecified atom stereocenters. The Hall–Kier alpha value is -1.10. The predicted molar refractivity (Wildman–Crippen MR) is 41.4 cm³/mol. The molecule has 0 spiro atoms. The quantitative estimate of drug-likeness (QED) is 0.433. The van der Waals surface area contributed by atoms with Crippen LogP contribution in [0.4, 0.5) is 5.69 Å². The van der Waals surface area contributed by atoms with Crippen molar-refractivity contribution in [3.63, 3.8) is 0 Å².